The second kappa shape index (κ2) is 10.6. The van der Waals surface area contributed by atoms with Crippen molar-refractivity contribution in [2.45, 2.75) is 44.8 Å². The highest BCUT2D eigenvalue weighted by Gasteiger charge is 2.67. The van der Waals surface area contributed by atoms with Crippen molar-refractivity contribution in [3.8, 4) is 0 Å². The minimum Gasteiger partial charge on any atom is -0.461 e. The van der Waals surface area contributed by atoms with E-state index in [1.54, 1.807) is 6.92 Å². The fourth-order valence-corrected chi connectivity index (χ4v) is 2.24. The van der Waals surface area contributed by atoms with E-state index in [0.717, 1.165) is 12.1 Å². The Morgan fingerprint density at radius 3 is 2.10 bits per heavy atom. The second-order valence-electron chi connectivity index (χ2n) is 5.86. The van der Waals surface area contributed by atoms with Gasteiger partial charge in [0.05, 0.1) is 12.2 Å². The second-order valence-corrected chi connectivity index (χ2v) is 6.30. The number of anilines is 1. The smallest absolute Gasteiger partial charge is 0.461 e. The monoisotopic (exact) mass is 477 g/mol. The van der Waals surface area contributed by atoms with Crippen LogP contribution in [0.25, 0.3) is 0 Å². The van der Waals surface area contributed by atoms with Crippen LogP contribution in [-0.2, 0) is 20.5 Å². The Bertz CT molecular complexity index is 799. The number of nitrogens with one attached hydrogen (secondary N) is 2. The van der Waals surface area contributed by atoms with Crippen molar-refractivity contribution >= 4 is 34.5 Å². The van der Waals surface area contributed by atoms with E-state index in [1.165, 1.54) is 12.2 Å². The van der Waals surface area contributed by atoms with Crippen molar-refractivity contribution in [3.63, 3.8) is 0 Å². The van der Waals surface area contributed by atoms with E-state index in [4.69, 9.17) is 11.6 Å². The fourth-order valence-electron chi connectivity index (χ4n) is 2.02. The molecule has 1 atom stereocenters. The summed E-state index contributed by atoms with van der Waals surface area (Å²) in [5.74, 6) is -2.03. The van der Waals surface area contributed by atoms with Crippen molar-refractivity contribution in [1.29, 1.82) is 0 Å². The predicted molar refractivity (Wildman–Crippen MR) is 98.3 cm³/mol. The lowest BCUT2D eigenvalue weighted by molar-refractivity contribution is -0.284. The first-order valence-electron chi connectivity index (χ1n) is 8.67. The van der Waals surface area contributed by atoms with Gasteiger partial charge in [0.1, 0.15) is 5.17 Å². The van der Waals surface area contributed by atoms with Gasteiger partial charge in [0.2, 0.25) is 0 Å². The Labute approximate surface area is 177 Å². The zero-order valence-corrected chi connectivity index (χ0v) is 16.9. The summed E-state index contributed by atoms with van der Waals surface area (Å²) in [6.07, 6.45) is -9.79. The number of alkyl halides is 6. The van der Waals surface area contributed by atoms with Crippen LogP contribution in [-0.4, -0.2) is 35.7 Å². The van der Waals surface area contributed by atoms with Gasteiger partial charge in [-0.2, -0.15) is 26.3 Å². The molecule has 1 rings (SSSR count). The lowest BCUT2D eigenvalue weighted by Gasteiger charge is -2.31. The number of benzene rings is 1. The Morgan fingerprint density at radius 1 is 1.06 bits per heavy atom. The average molecular weight is 478 g/mol. The van der Waals surface area contributed by atoms with Crippen molar-refractivity contribution in [2.24, 2.45) is 5.16 Å². The normalized spacial score (nSPS) is 14.4. The number of urea groups is 1. The molecule has 0 heterocycles. The summed E-state index contributed by atoms with van der Waals surface area (Å²) in [5.41, 5.74) is -5.40. The van der Waals surface area contributed by atoms with Crippen molar-refractivity contribution in [1.82, 2.24) is 5.32 Å². The first-order chi connectivity index (χ1) is 14.3. The predicted octanol–water partition coefficient (Wildman–Crippen LogP) is 5.02. The van der Waals surface area contributed by atoms with E-state index in [0.29, 0.717) is 18.6 Å². The molecule has 0 radical (unpaired) electrons. The number of hydrogen-bond donors (Lipinski definition) is 2. The van der Waals surface area contributed by atoms with Crippen LogP contribution in [0.5, 0.6) is 0 Å². The average Bonchev–Trinajstić information content (AvgIpc) is 2.64. The highest BCUT2D eigenvalue weighted by Crippen LogP contribution is 2.34. The quantitative estimate of drug-likeness (QED) is 0.181. The molecule has 0 fully saturated rings. The van der Waals surface area contributed by atoms with E-state index in [1.807, 2.05) is 5.32 Å². The minimum absolute atomic E-state index is 0.0239. The Morgan fingerprint density at radius 2 is 1.65 bits per heavy atom. The Hall–Kier alpha value is -2.70. The number of carbonyl (C=O) groups excluding carboxylic acids is 2. The number of carbonyl (C=O) groups is 2. The summed E-state index contributed by atoms with van der Waals surface area (Å²) < 4.78 is 83.4. The molecule has 1 aromatic carbocycles. The molecular weight excluding hydrogens is 460 g/mol. The van der Waals surface area contributed by atoms with Crippen LogP contribution < -0.4 is 10.6 Å². The van der Waals surface area contributed by atoms with Crippen LogP contribution in [0.1, 0.15) is 32.3 Å². The SMILES string of the molecule is CCC/C(Cl)=N/O[C@@](NC(=O)Nc1ccc(C(F)(F)F)cc1)(C(=O)OCC)C(F)(F)F. The standard InChI is InChI=1S/C17H18ClF6N3O4/c1-3-5-12(18)27-31-15(17(22,23)24,13(28)30-4-2)26-14(29)25-11-8-6-10(7-9-11)16(19,20)21/h6-9H,3-5H2,1-2H3,(H2,25,26,29)/b27-12-/t15-/m0/s1. The van der Waals surface area contributed by atoms with Crippen molar-refractivity contribution in [3.05, 3.63) is 29.8 Å². The van der Waals surface area contributed by atoms with Gasteiger partial charge in [0, 0.05) is 12.1 Å². The summed E-state index contributed by atoms with van der Waals surface area (Å²) in [7, 11) is 0. The highest BCUT2D eigenvalue weighted by atomic mass is 35.5. The van der Waals surface area contributed by atoms with Gasteiger partial charge in [0.25, 0.3) is 0 Å². The van der Waals surface area contributed by atoms with E-state index >= 15 is 0 Å². The van der Waals surface area contributed by atoms with Gasteiger partial charge in [-0.25, -0.2) is 9.59 Å². The van der Waals surface area contributed by atoms with Crippen LogP contribution in [0, 0.1) is 0 Å². The Kier molecular flexibility index (Phi) is 8.97. The van der Waals surface area contributed by atoms with E-state index in [-0.39, 0.29) is 12.1 Å². The highest BCUT2D eigenvalue weighted by molar-refractivity contribution is 6.65. The number of ether oxygens (including phenoxy) is 1. The van der Waals surface area contributed by atoms with Crippen molar-refractivity contribution < 1.29 is 45.5 Å². The third-order valence-electron chi connectivity index (χ3n) is 3.46. The molecule has 0 aliphatic heterocycles. The van der Waals surface area contributed by atoms with Crippen LogP contribution in [0.2, 0.25) is 0 Å². The molecule has 174 valence electrons. The summed E-state index contributed by atoms with van der Waals surface area (Å²) in [6.45, 7) is 2.37. The molecule has 1 aromatic rings. The minimum atomic E-state index is -5.55. The number of hydrogen-bond acceptors (Lipinski definition) is 5. The molecule has 31 heavy (non-hydrogen) atoms. The molecule has 14 heteroatoms. The van der Waals surface area contributed by atoms with Gasteiger partial charge in [-0.3, -0.25) is 5.32 Å². The van der Waals surface area contributed by atoms with Crippen LogP contribution in [0.3, 0.4) is 0 Å². The lowest BCUT2D eigenvalue weighted by Crippen LogP contribution is -2.66. The molecule has 2 amide bonds. The molecule has 2 N–H and O–H groups in total. The Balaban J connectivity index is 3.18. The molecular formula is C17H18ClF6N3O4. The zero-order chi connectivity index (χ0) is 23.9. The summed E-state index contributed by atoms with van der Waals surface area (Å²) >= 11 is 5.62. The van der Waals surface area contributed by atoms with Crippen LogP contribution >= 0.6 is 11.6 Å². The zero-order valence-electron chi connectivity index (χ0n) is 16.2. The number of amides is 2. The number of halogens is 7. The summed E-state index contributed by atoms with van der Waals surface area (Å²) in [6, 6.07) is 1.18. The van der Waals surface area contributed by atoms with Gasteiger partial charge in [0.15, 0.2) is 0 Å². The molecule has 0 saturated carbocycles. The van der Waals surface area contributed by atoms with Gasteiger partial charge in [-0.15, -0.1) is 0 Å². The van der Waals surface area contributed by atoms with Crippen LogP contribution in [0.4, 0.5) is 36.8 Å². The molecule has 0 unspecified atom stereocenters. The first-order valence-corrected chi connectivity index (χ1v) is 9.05. The lowest BCUT2D eigenvalue weighted by atomic mass is 10.2. The third kappa shape index (κ3) is 7.19. The number of rotatable bonds is 8. The van der Waals surface area contributed by atoms with Gasteiger partial charge < -0.3 is 14.9 Å². The molecule has 0 spiro atoms. The number of nitrogens with zero attached hydrogens (tertiary/aromatic N) is 1. The number of oxime groups is 1. The van der Waals surface area contributed by atoms with E-state index in [2.05, 4.69) is 14.7 Å². The van der Waals surface area contributed by atoms with Crippen LogP contribution in [0.15, 0.2) is 29.4 Å². The largest absolute Gasteiger partial charge is 0.463 e. The first kappa shape index (κ1) is 26.3. The van der Waals surface area contributed by atoms with Gasteiger partial charge in [-0.05, 0) is 37.6 Å². The molecule has 0 aromatic heterocycles. The fraction of sp³-hybridized carbons (Fsp3) is 0.471. The molecule has 7 nitrogen and oxygen atoms in total. The molecule has 0 aliphatic carbocycles. The maximum Gasteiger partial charge on any atom is 0.463 e. The van der Waals surface area contributed by atoms with Gasteiger partial charge >= 0.3 is 30.1 Å². The topological polar surface area (TPSA) is 89.0 Å². The van der Waals surface area contributed by atoms with Gasteiger partial charge in [-0.1, -0.05) is 23.7 Å². The van der Waals surface area contributed by atoms with Crippen molar-refractivity contribution in [2.75, 3.05) is 11.9 Å². The van der Waals surface area contributed by atoms with E-state index in [9.17, 15) is 35.9 Å². The number of esters is 1. The molecule has 0 saturated heterocycles. The van der Waals surface area contributed by atoms with E-state index < -0.39 is 47.4 Å². The molecule has 0 bridgehead atoms. The molecule has 0 aliphatic rings. The summed E-state index contributed by atoms with van der Waals surface area (Å²) in [4.78, 5) is 28.5. The maximum atomic E-state index is 13.8. The maximum absolute atomic E-state index is 13.8. The summed E-state index contributed by atoms with van der Waals surface area (Å²) in [5, 5.41) is 5.79. The third-order valence-corrected chi connectivity index (χ3v) is 3.72.